The van der Waals surface area contributed by atoms with E-state index in [0.29, 0.717) is 16.0 Å². The van der Waals surface area contributed by atoms with E-state index in [-0.39, 0.29) is 5.91 Å². The van der Waals surface area contributed by atoms with E-state index in [1.807, 2.05) is 24.8 Å². The van der Waals surface area contributed by atoms with Crippen LogP contribution in [0.3, 0.4) is 0 Å². The highest BCUT2D eigenvalue weighted by molar-refractivity contribution is 7.99. The van der Waals surface area contributed by atoms with Gasteiger partial charge in [-0.05, 0) is 24.5 Å². The summed E-state index contributed by atoms with van der Waals surface area (Å²) in [6.45, 7) is 8.75. The Bertz CT molecular complexity index is 388. The van der Waals surface area contributed by atoms with E-state index in [2.05, 4.69) is 26.2 Å². The topological polar surface area (TPSA) is 55.1 Å². The van der Waals surface area contributed by atoms with Gasteiger partial charge < -0.3 is 0 Å². The monoisotopic (exact) mass is 272 g/mol. The van der Waals surface area contributed by atoms with Crippen LogP contribution in [-0.2, 0) is 5.75 Å². The molecule has 17 heavy (non-hydrogen) atoms. The molecule has 5 heteroatoms. The zero-order valence-corrected chi connectivity index (χ0v) is 12.4. The van der Waals surface area contributed by atoms with Crippen LogP contribution in [0.5, 0.6) is 0 Å². The van der Waals surface area contributed by atoms with Crippen molar-refractivity contribution in [1.29, 1.82) is 0 Å². The molecule has 1 atom stereocenters. The fourth-order valence-electron chi connectivity index (χ4n) is 1.26. The van der Waals surface area contributed by atoms with Crippen molar-refractivity contribution in [2.75, 3.05) is 0 Å². The molecule has 0 bridgehead atoms. The van der Waals surface area contributed by atoms with Crippen molar-refractivity contribution in [3.63, 3.8) is 0 Å². The summed E-state index contributed by atoms with van der Waals surface area (Å²) in [6.07, 6.45) is 0. The molecule has 96 valence electrons. The van der Waals surface area contributed by atoms with Crippen LogP contribution in [0.4, 0.5) is 0 Å². The molecule has 0 radical (unpaired) electrons. The van der Waals surface area contributed by atoms with E-state index < -0.39 is 0 Å². The highest BCUT2D eigenvalue weighted by Crippen LogP contribution is 2.29. The van der Waals surface area contributed by atoms with Gasteiger partial charge in [-0.1, -0.05) is 20.8 Å². The Morgan fingerprint density at radius 2 is 2.18 bits per heavy atom. The zero-order valence-electron chi connectivity index (χ0n) is 10.7. The fourth-order valence-corrected chi connectivity index (χ4v) is 3.42. The third kappa shape index (κ3) is 4.01. The standard InChI is InChI=1S/C12H20N2OS2/c1-7(2)8(3)16-6-10-5-11(12(15)14-13)17-9(10)4/h5,7-8H,6,13H2,1-4H3,(H,14,15). The van der Waals surface area contributed by atoms with Crippen molar-refractivity contribution in [2.45, 2.75) is 38.7 Å². The number of amides is 1. The van der Waals surface area contributed by atoms with Crippen LogP contribution in [-0.4, -0.2) is 11.2 Å². The SMILES string of the molecule is Cc1sc(C(=O)NN)cc1CSC(C)C(C)C. The minimum absolute atomic E-state index is 0.203. The second-order valence-corrected chi connectivity index (χ2v) is 7.05. The predicted molar refractivity (Wildman–Crippen MR) is 76.3 cm³/mol. The van der Waals surface area contributed by atoms with Gasteiger partial charge in [-0.3, -0.25) is 10.2 Å². The average molecular weight is 272 g/mol. The minimum Gasteiger partial charge on any atom is -0.289 e. The van der Waals surface area contributed by atoms with Gasteiger partial charge in [0.25, 0.3) is 5.91 Å². The number of nitrogens with one attached hydrogen (secondary N) is 1. The van der Waals surface area contributed by atoms with Crippen LogP contribution in [0.1, 0.15) is 40.9 Å². The minimum atomic E-state index is -0.203. The van der Waals surface area contributed by atoms with E-state index in [0.717, 1.165) is 5.75 Å². The van der Waals surface area contributed by atoms with Gasteiger partial charge in [-0.2, -0.15) is 11.8 Å². The molecule has 0 aromatic carbocycles. The molecule has 1 aromatic heterocycles. The predicted octanol–water partition coefficient (Wildman–Crippen LogP) is 2.94. The number of aryl methyl sites for hydroxylation is 1. The first-order valence-corrected chi connectivity index (χ1v) is 7.54. The largest absolute Gasteiger partial charge is 0.289 e. The van der Waals surface area contributed by atoms with Crippen molar-refractivity contribution in [2.24, 2.45) is 11.8 Å². The van der Waals surface area contributed by atoms with Gasteiger partial charge in [-0.15, -0.1) is 11.3 Å². The molecular weight excluding hydrogens is 252 g/mol. The number of nitrogen functional groups attached to an aromatic ring is 1. The first-order valence-electron chi connectivity index (χ1n) is 5.67. The van der Waals surface area contributed by atoms with Crippen molar-refractivity contribution in [3.05, 3.63) is 21.4 Å². The Morgan fingerprint density at radius 1 is 1.53 bits per heavy atom. The van der Waals surface area contributed by atoms with Gasteiger partial charge in [-0.25, -0.2) is 5.84 Å². The Labute approximate surface area is 111 Å². The van der Waals surface area contributed by atoms with E-state index >= 15 is 0 Å². The molecular formula is C12H20N2OS2. The first kappa shape index (κ1) is 14.5. The number of thioether (sulfide) groups is 1. The van der Waals surface area contributed by atoms with Gasteiger partial charge in [0.05, 0.1) is 4.88 Å². The summed E-state index contributed by atoms with van der Waals surface area (Å²) >= 11 is 3.43. The molecule has 0 fully saturated rings. The quantitative estimate of drug-likeness (QED) is 0.492. The molecule has 0 aliphatic heterocycles. The summed E-state index contributed by atoms with van der Waals surface area (Å²) < 4.78 is 0. The number of carbonyl (C=O) groups excluding carboxylic acids is 1. The first-order chi connectivity index (χ1) is 7.95. The maximum atomic E-state index is 11.4. The van der Waals surface area contributed by atoms with Gasteiger partial charge in [0.1, 0.15) is 0 Å². The van der Waals surface area contributed by atoms with Crippen LogP contribution >= 0.6 is 23.1 Å². The molecule has 0 aliphatic carbocycles. The number of nitrogens with two attached hydrogens (primary N) is 1. The highest BCUT2D eigenvalue weighted by atomic mass is 32.2. The van der Waals surface area contributed by atoms with Crippen LogP contribution in [0.15, 0.2) is 6.07 Å². The molecule has 0 saturated heterocycles. The lowest BCUT2D eigenvalue weighted by molar-refractivity contribution is 0.0957. The zero-order chi connectivity index (χ0) is 13.0. The van der Waals surface area contributed by atoms with Crippen molar-refractivity contribution in [1.82, 2.24) is 5.43 Å². The molecule has 0 spiro atoms. The van der Waals surface area contributed by atoms with E-state index in [1.54, 1.807) is 0 Å². The average Bonchev–Trinajstić information content (AvgIpc) is 2.66. The fraction of sp³-hybridized carbons (Fsp3) is 0.583. The van der Waals surface area contributed by atoms with Gasteiger partial charge >= 0.3 is 0 Å². The summed E-state index contributed by atoms with van der Waals surface area (Å²) in [7, 11) is 0. The van der Waals surface area contributed by atoms with E-state index in [9.17, 15) is 4.79 Å². The van der Waals surface area contributed by atoms with Crippen molar-refractivity contribution < 1.29 is 4.79 Å². The maximum Gasteiger partial charge on any atom is 0.275 e. The number of hydrazine groups is 1. The normalized spacial score (nSPS) is 12.8. The number of thiophene rings is 1. The second-order valence-electron chi connectivity index (χ2n) is 4.43. The van der Waals surface area contributed by atoms with Crippen LogP contribution < -0.4 is 11.3 Å². The molecule has 1 heterocycles. The molecule has 3 N–H and O–H groups in total. The lowest BCUT2D eigenvalue weighted by Crippen LogP contribution is -2.29. The van der Waals surface area contributed by atoms with Crippen LogP contribution in [0.25, 0.3) is 0 Å². The molecule has 1 unspecified atom stereocenters. The maximum absolute atomic E-state index is 11.4. The van der Waals surface area contributed by atoms with Gasteiger partial charge in [0.15, 0.2) is 0 Å². The smallest absolute Gasteiger partial charge is 0.275 e. The Hall–Kier alpha value is -0.520. The van der Waals surface area contributed by atoms with E-state index in [1.165, 1.54) is 21.8 Å². The van der Waals surface area contributed by atoms with Crippen molar-refractivity contribution >= 4 is 29.0 Å². The molecule has 1 amide bonds. The van der Waals surface area contributed by atoms with Crippen LogP contribution in [0, 0.1) is 12.8 Å². The highest BCUT2D eigenvalue weighted by Gasteiger charge is 2.13. The molecule has 3 nitrogen and oxygen atoms in total. The van der Waals surface area contributed by atoms with Gasteiger partial charge in [0.2, 0.25) is 0 Å². The van der Waals surface area contributed by atoms with E-state index in [4.69, 9.17) is 5.84 Å². The second kappa shape index (κ2) is 6.42. The Balaban J connectivity index is 2.66. The van der Waals surface area contributed by atoms with Crippen molar-refractivity contribution in [3.8, 4) is 0 Å². The lowest BCUT2D eigenvalue weighted by Gasteiger charge is -2.14. The number of hydrogen-bond donors (Lipinski definition) is 2. The third-order valence-electron chi connectivity index (χ3n) is 2.82. The Morgan fingerprint density at radius 3 is 2.71 bits per heavy atom. The Kier molecular flexibility index (Phi) is 5.49. The number of rotatable bonds is 5. The summed E-state index contributed by atoms with van der Waals surface area (Å²) in [5.41, 5.74) is 3.41. The summed E-state index contributed by atoms with van der Waals surface area (Å²) in [4.78, 5) is 13.3. The summed E-state index contributed by atoms with van der Waals surface area (Å²) in [5, 5.41) is 0.626. The molecule has 1 rings (SSSR count). The number of hydrogen-bond acceptors (Lipinski definition) is 4. The molecule has 0 saturated carbocycles. The lowest BCUT2D eigenvalue weighted by atomic mass is 10.2. The summed E-state index contributed by atoms with van der Waals surface area (Å²) in [6, 6.07) is 1.95. The summed E-state index contributed by atoms with van der Waals surface area (Å²) in [5.74, 6) is 6.55. The molecule has 0 aliphatic rings. The van der Waals surface area contributed by atoms with Crippen LogP contribution in [0.2, 0.25) is 0 Å². The molecule has 1 aromatic rings. The third-order valence-corrected chi connectivity index (χ3v) is 5.46. The van der Waals surface area contributed by atoms with Gasteiger partial charge in [0, 0.05) is 15.9 Å². The number of carbonyl (C=O) groups is 1.